The molecule has 11 heteroatoms. The zero-order valence-corrected chi connectivity index (χ0v) is 26.1. The van der Waals surface area contributed by atoms with Crippen molar-refractivity contribution in [2.75, 3.05) is 0 Å². The molecule has 0 heterocycles. The zero-order chi connectivity index (χ0) is 34.0. The van der Waals surface area contributed by atoms with Crippen molar-refractivity contribution in [3.8, 4) is 0 Å². The van der Waals surface area contributed by atoms with Crippen LogP contribution in [0.5, 0.6) is 0 Å². The standard InChI is InChI=1S/C37H36N2O9/c40-33(21-31(35(42)46-24-28-15-7-2-8-16-28)39-37(44)48-26-30-19-11-4-12-20-30)38-32(36(43)47-25-29-17-9-3-10-18-29)22-34(41)45-23-27-13-5-1-6-14-27/h1-20,31-32H,21-26H2,(H,38,40)(H,39,44). The summed E-state index contributed by atoms with van der Waals surface area (Å²) >= 11 is 0. The number of hydrogen-bond donors (Lipinski definition) is 2. The molecule has 0 aliphatic rings. The first kappa shape index (κ1) is 34.9. The van der Waals surface area contributed by atoms with Gasteiger partial charge in [0.05, 0.1) is 12.8 Å². The summed E-state index contributed by atoms with van der Waals surface area (Å²) in [5.41, 5.74) is 2.84. The molecule has 0 aliphatic heterocycles. The van der Waals surface area contributed by atoms with Gasteiger partial charge in [-0.2, -0.15) is 0 Å². The van der Waals surface area contributed by atoms with Gasteiger partial charge >= 0.3 is 24.0 Å². The summed E-state index contributed by atoms with van der Waals surface area (Å²) in [5, 5.41) is 4.84. The van der Waals surface area contributed by atoms with Crippen LogP contribution in [0.1, 0.15) is 35.1 Å². The average Bonchev–Trinajstić information content (AvgIpc) is 3.12. The molecule has 2 atom stereocenters. The first-order chi connectivity index (χ1) is 23.4. The highest BCUT2D eigenvalue weighted by atomic mass is 16.6. The molecule has 2 amide bonds. The predicted molar refractivity (Wildman–Crippen MR) is 173 cm³/mol. The third kappa shape index (κ3) is 12.4. The fourth-order valence-electron chi connectivity index (χ4n) is 4.35. The van der Waals surface area contributed by atoms with Crippen LogP contribution in [0.25, 0.3) is 0 Å². The van der Waals surface area contributed by atoms with Crippen LogP contribution in [0, 0.1) is 0 Å². The molecule has 11 nitrogen and oxygen atoms in total. The van der Waals surface area contributed by atoms with E-state index in [2.05, 4.69) is 10.6 Å². The van der Waals surface area contributed by atoms with Crippen LogP contribution in [-0.2, 0) is 64.6 Å². The van der Waals surface area contributed by atoms with E-state index in [0.29, 0.717) is 16.7 Å². The number of benzene rings is 4. The molecule has 2 N–H and O–H groups in total. The lowest BCUT2D eigenvalue weighted by Gasteiger charge is -2.20. The van der Waals surface area contributed by atoms with E-state index in [4.69, 9.17) is 18.9 Å². The van der Waals surface area contributed by atoms with E-state index in [9.17, 15) is 24.0 Å². The number of esters is 3. The lowest BCUT2D eigenvalue weighted by atomic mass is 10.1. The number of rotatable bonds is 16. The van der Waals surface area contributed by atoms with Gasteiger partial charge in [0.15, 0.2) is 0 Å². The maximum Gasteiger partial charge on any atom is 0.408 e. The molecule has 0 fully saturated rings. The van der Waals surface area contributed by atoms with Gasteiger partial charge in [-0.3, -0.25) is 9.59 Å². The van der Waals surface area contributed by atoms with E-state index in [0.717, 1.165) is 5.56 Å². The van der Waals surface area contributed by atoms with Gasteiger partial charge in [-0.05, 0) is 22.3 Å². The molecular weight excluding hydrogens is 616 g/mol. The minimum absolute atomic E-state index is 0.0380. The van der Waals surface area contributed by atoms with Gasteiger partial charge in [0.1, 0.15) is 38.5 Å². The largest absolute Gasteiger partial charge is 0.461 e. The molecular formula is C37H36N2O9. The Morgan fingerprint density at radius 2 is 0.792 bits per heavy atom. The fraction of sp³-hybridized carbons (Fsp3) is 0.216. The highest BCUT2D eigenvalue weighted by molar-refractivity contribution is 5.91. The second-order valence-corrected chi connectivity index (χ2v) is 10.6. The molecule has 0 saturated heterocycles. The molecule has 0 bridgehead atoms. The van der Waals surface area contributed by atoms with E-state index < -0.39 is 54.8 Å². The van der Waals surface area contributed by atoms with Gasteiger partial charge < -0.3 is 29.6 Å². The van der Waals surface area contributed by atoms with Crippen LogP contribution in [0.15, 0.2) is 121 Å². The summed E-state index contributed by atoms with van der Waals surface area (Å²) < 4.78 is 21.3. The van der Waals surface area contributed by atoms with Gasteiger partial charge in [0.25, 0.3) is 0 Å². The summed E-state index contributed by atoms with van der Waals surface area (Å²) in [7, 11) is 0. The van der Waals surface area contributed by atoms with Crippen LogP contribution < -0.4 is 10.6 Å². The maximum absolute atomic E-state index is 13.3. The quantitative estimate of drug-likeness (QED) is 0.129. The van der Waals surface area contributed by atoms with Crippen molar-refractivity contribution in [2.24, 2.45) is 0 Å². The molecule has 0 spiro atoms. The first-order valence-corrected chi connectivity index (χ1v) is 15.2. The Labute approximate surface area is 278 Å². The molecule has 2 unspecified atom stereocenters. The lowest BCUT2D eigenvalue weighted by Crippen LogP contribution is -2.48. The lowest BCUT2D eigenvalue weighted by molar-refractivity contribution is -0.155. The number of carbonyl (C=O) groups is 5. The number of ether oxygens (including phenoxy) is 4. The fourth-order valence-corrected chi connectivity index (χ4v) is 4.35. The van der Waals surface area contributed by atoms with Crippen molar-refractivity contribution in [1.29, 1.82) is 0 Å². The normalized spacial score (nSPS) is 11.7. The smallest absolute Gasteiger partial charge is 0.408 e. The summed E-state index contributed by atoms with van der Waals surface area (Å²) in [5.74, 6) is -3.39. The Morgan fingerprint density at radius 1 is 0.438 bits per heavy atom. The van der Waals surface area contributed by atoms with E-state index in [1.807, 2.05) is 24.3 Å². The van der Waals surface area contributed by atoms with Gasteiger partial charge in [-0.25, -0.2) is 14.4 Å². The van der Waals surface area contributed by atoms with E-state index in [-0.39, 0.29) is 26.4 Å². The van der Waals surface area contributed by atoms with Crippen molar-refractivity contribution in [2.45, 2.75) is 51.4 Å². The maximum atomic E-state index is 13.3. The molecule has 48 heavy (non-hydrogen) atoms. The van der Waals surface area contributed by atoms with Gasteiger partial charge in [-0.1, -0.05) is 121 Å². The van der Waals surface area contributed by atoms with Gasteiger partial charge in [0, 0.05) is 0 Å². The Kier molecular flexibility index (Phi) is 13.7. The molecule has 248 valence electrons. The molecule has 4 aromatic rings. The Hall–Kier alpha value is -5.97. The van der Waals surface area contributed by atoms with Crippen LogP contribution in [-0.4, -0.2) is 42.0 Å². The predicted octanol–water partition coefficient (Wildman–Crippen LogP) is 4.78. The zero-order valence-electron chi connectivity index (χ0n) is 26.1. The van der Waals surface area contributed by atoms with Crippen LogP contribution in [0.3, 0.4) is 0 Å². The van der Waals surface area contributed by atoms with E-state index in [1.165, 1.54) is 0 Å². The van der Waals surface area contributed by atoms with Crippen LogP contribution in [0.2, 0.25) is 0 Å². The summed E-state index contributed by atoms with van der Waals surface area (Å²) in [6.45, 7) is -0.330. The van der Waals surface area contributed by atoms with Crippen molar-refractivity contribution < 1.29 is 42.9 Å². The van der Waals surface area contributed by atoms with E-state index >= 15 is 0 Å². The third-order valence-corrected chi connectivity index (χ3v) is 6.86. The SMILES string of the molecule is O=C(CC(NC(=O)OCc1ccccc1)C(=O)OCc1ccccc1)NC(CC(=O)OCc1ccccc1)C(=O)OCc1ccccc1. The Bertz CT molecular complexity index is 1500. The van der Waals surface area contributed by atoms with E-state index in [1.54, 1.807) is 97.1 Å². The number of hydrogen-bond acceptors (Lipinski definition) is 9. The number of amides is 2. The molecule has 0 saturated carbocycles. The second kappa shape index (κ2) is 18.9. The minimum Gasteiger partial charge on any atom is -0.461 e. The third-order valence-electron chi connectivity index (χ3n) is 6.86. The number of alkyl carbamates (subject to hydrolysis) is 1. The highest BCUT2D eigenvalue weighted by Gasteiger charge is 2.31. The number of nitrogens with one attached hydrogen (secondary N) is 2. The molecule has 0 radical (unpaired) electrons. The monoisotopic (exact) mass is 652 g/mol. The first-order valence-electron chi connectivity index (χ1n) is 15.2. The van der Waals surface area contributed by atoms with Gasteiger partial charge in [-0.15, -0.1) is 0 Å². The average molecular weight is 653 g/mol. The topological polar surface area (TPSA) is 146 Å². The van der Waals surface area contributed by atoms with Crippen LogP contribution >= 0.6 is 0 Å². The summed E-state index contributed by atoms with van der Waals surface area (Å²) in [4.78, 5) is 64.9. The van der Waals surface area contributed by atoms with Crippen LogP contribution in [0.4, 0.5) is 4.79 Å². The molecule has 4 rings (SSSR count). The Balaban J connectivity index is 1.42. The molecule has 0 aromatic heterocycles. The molecule has 0 aliphatic carbocycles. The van der Waals surface area contributed by atoms with Gasteiger partial charge in [0.2, 0.25) is 5.91 Å². The van der Waals surface area contributed by atoms with Crippen molar-refractivity contribution in [3.05, 3.63) is 144 Å². The number of carbonyl (C=O) groups excluding carboxylic acids is 5. The van der Waals surface area contributed by atoms with Crippen molar-refractivity contribution in [1.82, 2.24) is 10.6 Å². The highest BCUT2D eigenvalue weighted by Crippen LogP contribution is 2.10. The summed E-state index contributed by atoms with van der Waals surface area (Å²) in [6, 6.07) is 32.6. The minimum atomic E-state index is -1.48. The summed E-state index contributed by atoms with van der Waals surface area (Å²) in [6.07, 6.45) is -2.13. The van der Waals surface area contributed by atoms with Crippen molar-refractivity contribution >= 4 is 29.9 Å². The molecule has 4 aromatic carbocycles. The van der Waals surface area contributed by atoms with Crippen molar-refractivity contribution in [3.63, 3.8) is 0 Å². The Morgan fingerprint density at radius 3 is 1.21 bits per heavy atom. The second-order valence-electron chi connectivity index (χ2n) is 10.6.